The normalized spacial score (nSPS) is 14.4. The maximum Gasteiger partial charge on any atom is 0.338 e. The summed E-state index contributed by atoms with van der Waals surface area (Å²) in [6.45, 7) is 10.7. The fraction of sp³-hybridized carbons (Fsp3) is 0.216. The number of likely N-dealkylation sites (N-methyl/N-ethyl adjacent to an activating group) is 1. The van der Waals surface area contributed by atoms with Gasteiger partial charge in [-0.25, -0.2) is 15.5 Å². The number of amides is 1. The molecule has 3 aromatic heterocycles. The minimum Gasteiger partial charge on any atom is -0.619 e. The fourth-order valence-corrected chi connectivity index (χ4v) is 8.00. The van der Waals surface area contributed by atoms with E-state index in [-0.39, 0.29) is 18.2 Å². The van der Waals surface area contributed by atoms with E-state index < -0.39 is 18.6 Å². The molecule has 76 heavy (non-hydrogen) atoms. The molecule has 22 nitrogen and oxygen atoms in total. The molecular weight excluding hydrogens is 1180 g/mol. The van der Waals surface area contributed by atoms with Crippen molar-refractivity contribution >= 4 is 94.2 Å². The highest BCUT2D eigenvalue weighted by Crippen LogP contribution is 2.33. The van der Waals surface area contributed by atoms with Gasteiger partial charge in [0.25, 0.3) is 17.7 Å². The minimum absolute atomic E-state index is 0.188. The van der Waals surface area contributed by atoms with Gasteiger partial charge in [0.15, 0.2) is 6.20 Å². The van der Waals surface area contributed by atoms with Crippen LogP contribution in [0.1, 0.15) is 27.0 Å². The first-order chi connectivity index (χ1) is 36.5. The molecule has 3 aromatic carbocycles. The summed E-state index contributed by atoms with van der Waals surface area (Å²) in [4.78, 5) is 27.6. The van der Waals surface area contributed by atoms with E-state index in [1.807, 2.05) is 100 Å². The van der Waals surface area contributed by atoms with Crippen LogP contribution < -0.4 is 31.5 Å². The topological polar surface area (TPSA) is 279 Å². The van der Waals surface area contributed by atoms with Crippen molar-refractivity contribution < 1.29 is 38.9 Å². The lowest BCUT2D eigenvalue weighted by Crippen LogP contribution is -2.32. The number of hydroxylamine groups is 3. The molecule has 25 heteroatoms. The van der Waals surface area contributed by atoms with Crippen molar-refractivity contribution in [3.8, 4) is 11.5 Å². The molecule has 0 saturated heterocycles. The molecule has 2 aliphatic rings. The highest BCUT2D eigenvalue weighted by atomic mass is 79.9. The van der Waals surface area contributed by atoms with Gasteiger partial charge in [-0.05, 0) is 118 Å². The number of aromatic nitrogens is 4. The third kappa shape index (κ3) is 17.4. The Labute approximate surface area is 463 Å². The number of carbonyl (C=O) groups excluding carboxylic acids is 1. The number of benzene rings is 3. The average molecular weight is 1230 g/mol. The minimum atomic E-state index is -1.09. The van der Waals surface area contributed by atoms with E-state index in [4.69, 9.17) is 19.1 Å². The quantitative estimate of drug-likeness (QED) is 0.0172. The Morgan fingerprint density at radius 3 is 2.18 bits per heavy atom. The number of aliphatic hydroxyl groups is 2. The van der Waals surface area contributed by atoms with Crippen molar-refractivity contribution in [2.75, 3.05) is 68.2 Å². The number of halogens is 3. The standard InChI is InChI=1S/C18H21BrN6O2.C17H16BrN5O.C16H18BrN3O5/c1-12-10-13(19)4-5-15(12)21-16-11-25(26)8-6-14(16)17-22-23-18(27-17)20-7-9-24(2)3;1-3-7-20-17-23-22-16(24-17)13-6-8-19-10-15(13)21-14-5-4-12(18)9-11(14)2;1-10-6-11(17)2-3-14(10)18-15-7-20(24)5-4-13(15)16(23)19-25-9-12(22)8-21/h4-6,8,10-11,21,26H,7,9H2,1-3H3;3-6,8-10,21H,1,7H2,2H3,(H,20,23);2-7,12,18,21-22H,8-9H2,1H3,(H,19,23). The molecule has 5 heterocycles. The summed E-state index contributed by atoms with van der Waals surface area (Å²) in [6, 6.07) is 21.3. The molecule has 0 radical (unpaired) electrons. The number of amidine groups is 1. The number of azo groups is 1. The van der Waals surface area contributed by atoms with E-state index in [9.17, 15) is 20.3 Å². The van der Waals surface area contributed by atoms with Crippen LogP contribution in [-0.2, 0) is 9.57 Å². The molecular formula is C51H55Br3N14O8. The zero-order chi connectivity index (χ0) is 54.7. The van der Waals surface area contributed by atoms with Crippen molar-refractivity contribution in [1.29, 1.82) is 0 Å². The molecule has 8 rings (SSSR count). The fourth-order valence-electron chi connectivity index (χ4n) is 6.57. The molecule has 0 aliphatic carbocycles. The SMILES string of the molecule is C=CCNc1nnc(-c2ccncc2Nc2ccc(Br)cc2C)o1.Cc1cc(Br)ccc1NC1=CN(O)C=CC1=C1N=NC(=NCCN(C)C)O1.Cc1cc(Br)ccc1Nc1c[n+]([O-])ccc1C(=O)NOCC(O)CO. The Morgan fingerprint density at radius 1 is 0.921 bits per heavy atom. The van der Waals surface area contributed by atoms with Crippen molar-refractivity contribution in [2.24, 2.45) is 15.2 Å². The van der Waals surface area contributed by atoms with Crippen molar-refractivity contribution in [3.63, 3.8) is 0 Å². The number of nitrogens with one attached hydrogen (secondary N) is 5. The van der Waals surface area contributed by atoms with E-state index in [0.717, 1.165) is 70.0 Å². The number of aliphatic imine (C=N–C) groups is 1. The van der Waals surface area contributed by atoms with Crippen molar-refractivity contribution in [3.05, 3.63) is 181 Å². The first kappa shape index (κ1) is 57.9. The number of ether oxygens (including phenoxy) is 1. The van der Waals surface area contributed by atoms with Gasteiger partial charge >= 0.3 is 12.0 Å². The second-order valence-corrected chi connectivity index (χ2v) is 19.4. The number of hydrogen-bond donors (Lipinski definition) is 8. The largest absolute Gasteiger partial charge is 0.619 e. The summed E-state index contributed by atoms with van der Waals surface area (Å²) in [5, 5.41) is 69.1. The van der Waals surface area contributed by atoms with Crippen LogP contribution in [-0.4, -0.2) is 106 Å². The molecule has 0 saturated carbocycles. The molecule has 0 fully saturated rings. The molecule has 0 spiro atoms. The highest BCUT2D eigenvalue weighted by Gasteiger charge is 2.23. The second-order valence-electron chi connectivity index (χ2n) is 16.7. The molecule has 8 N–H and O–H groups in total. The van der Waals surface area contributed by atoms with Crippen LogP contribution in [0, 0.1) is 26.0 Å². The van der Waals surface area contributed by atoms with Gasteiger partial charge in [-0.3, -0.25) is 19.8 Å². The molecule has 398 valence electrons. The van der Waals surface area contributed by atoms with Crippen LogP contribution in [0.15, 0.2) is 173 Å². The number of nitrogens with zero attached hydrogens (tertiary/aromatic N) is 9. The van der Waals surface area contributed by atoms with Crippen LogP contribution in [0.5, 0.6) is 0 Å². The molecule has 1 atom stereocenters. The van der Waals surface area contributed by atoms with E-state index in [1.54, 1.807) is 30.7 Å². The lowest BCUT2D eigenvalue weighted by Gasteiger charge is -2.20. The van der Waals surface area contributed by atoms with Gasteiger partial charge in [-0.1, -0.05) is 64.1 Å². The Morgan fingerprint density at radius 2 is 1.57 bits per heavy atom. The maximum absolute atomic E-state index is 12.2. The molecule has 0 bridgehead atoms. The molecule has 2 aliphatic heterocycles. The second kappa shape index (κ2) is 28.5. The zero-order valence-electron chi connectivity index (χ0n) is 41.8. The number of pyridine rings is 2. The zero-order valence-corrected chi connectivity index (χ0v) is 46.6. The predicted octanol–water partition coefficient (Wildman–Crippen LogP) is 9.53. The summed E-state index contributed by atoms with van der Waals surface area (Å²) in [5.41, 5.74) is 11.2. The summed E-state index contributed by atoms with van der Waals surface area (Å²) in [7, 11) is 3.95. The number of anilines is 6. The lowest BCUT2D eigenvalue weighted by molar-refractivity contribution is -0.604. The van der Waals surface area contributed by atoms with Crippen LogP contribution in [0.4, 0.5) is 34.5 Å². The van der Waals surface area contributed by atoms with Crippen LogP contribution in [0.2, 0.25) is 0 Å². The van der Waals surface area contributed by atoms with Crippen LogP contribution in [0.3, 0.4) is 0 Å². The van der Waals surface area contributed by atoms with Crippen molar-refractivity contribution in [1.82, 2.24) is 30.6 Å². The van der Waals surface area contributed by atoms with Gasteiger partial charge in [-0.15, -0.1) is 16.8 Å². The third-order valence-electron chi connectivity index (χ3n) is 10.5. The van der Waals surface area contributed by atoms with Crippen LogP contribution in [0.25, 0.3) is 11.5 Å². The van der Waals surface area contributed by atoms with E-state index in [1.165, 1.54) is 24.7 Å². The number of rotatable bonds is 18. The van der Waals surface area contributed by atoms with Gasteiger partial charge in [0.1, 0.15) is 18.4 Å². The lowest BCUT2D eigenvalue weighted by atomic mass is 10.1. The van der Waals surface area contributed by atoms with Gasteiger partial charge in [0.05, 0.1) is 53.6 Å². The Hall–Kier alpha value is -7.36. The summed E-state index contributed by atoms with van der Waals surface area (Å²) in [5.74, 6) is 0.153. The third-order valence-corrected chi connectivity index (χ3v) is 11.9. The number of allylic oxidation sites excluding steroid dienone is 1. The predicted molar refractivity (Wildman–Crippen MR) is 300 cm³/mol. The Balaban J connectivity index is 0.000000185. The number of hydrogen-bond acceptors (Lipinski definition) is 19. The number of carbonyl (C=O) groups is 1. The van der Waals surface area contributed by atoms with Gasteiger partial charge in [0.2, 0.25) is 6.20 Å². The van der Waals surface area contributed by atoms with E-state index in [2.05, 4.69) is 112 Å². The van der Waals surface area contributed by atoms with E-state index >= 15 is 0 Å². The first-order valence-corrected chi connectivity index (χ1v) is 25.4. The maximum atomic E-state index is 12.2. The van der Waals surface area contributed by atoms with Gasteiger partial charge in [-0.2, -0.15) is 4.73 Å². The molecule has 1 unspecified atom stereocenters. The molecule has 6 aromatic rings. The smallest absolute Gasteiger partial charge is 0.338 e. The van der Waals surface area contributed by atoms with Crippen molar-refractivity contribution in [2.45, 2.75) is 26.9 Å². The number of aryl methyl sites for hydroxylation is 3. The summed E-state index contributed by atoms with van der Waals surface area (Å²) >= 11 is 10.3. The van der Waals surface area contributed by atoms with Gasteiger partial charge in [0, 0.05) is 62.0 Å². The Bertz CT molecular complexity index is 3150. The monoisotopic (exact) mass is 1230 g/mol. The number of aliphatic hydroxyl groups excluding tert-OH is 2. The molecule has 1 amide bonds. The first-order valence-electron chi connectivity index (χ1n) is 23.1. The average Bonchev–Trinajstić information content (AvgIpc) is 4.07. The summed E-state index contributed by atoms with van der Waals surface area (Å²) in [6.07, 6.45) is 11.2. The highest BCUT2D eigenvalue weighted by molar-refractivity contribution is 9.11. The Kier molecular flexibility index (Phi) is 21.7. The van der Waals surface area contributed by atoms with Gasteiger partial charge < -0.3 is 50.7 Å². The van der Waals surface area contributed by atoms with E-state index in [0.29, 0.717) is 52.6 Å². The summed E-state index contributed by atoms with van der Waals surface area (Å²) < 4.78 is 14.8. The van der Waals surface area contributed by atoms with Crippen LogP contribution >= 0.6 is 47.8 Å².